The van der Waals surface area contributed by atoms with Gasteiger partial charge in [-0.3, -0.25) is 4.79 Å². The van der Waals surface area contributed by atoms with Crippen molar-refractivity contribution in [3.63, 3.8) is 0 Å². The molecule has 3 atom stereocenters. The summed E-state index contributed by atoms with van der Waals surface area (Å²) in [5.41, 5.74) is 6.77. The number of hydrogen-bond donors (Lipinski definition) is 1. The molecule has 0 radical (unpaired) electrons. The number of nitrogens with two attached hydrogens (primary N) is 1. The first kappa shape index (κ1) is 14.4. The number of amides is 1. The van der Waals surface area contributed by atoms with Crippen LogP contribution in [0.3, 0.4) is 0 Å². The van der Waals surface area contributed by atoms with Gasteiger partial charge in [0, 0.05) is 25.0 Å². The van der Waals surface area contributed by atoms with Crippen LogP contribution in [0, 0.1) is 17.3 Å². The topological polar surface area (TPSA) is 46.3 Å². The first-order chi connectivity index (χ1) is 9.60. The van der Waals surface area contributed by atoms with Gasteiger partial charge in [-0.1, -0.05) is 19.8 Å². The second-order valence-electron chi connectivity index (χ2n) is 7.68. The number of carbonyl (C=O) groups excluding carboxylic acids is 1. The molecule has 20 heavy (non-hydrogen) atoms. The molecular weight excluding hydrogens is 248 g/mol. The Bertz CT molecular complexity index is 352. The highest BCUT2D eigenvalue weighted by Crippen LogP contribution is 2.46. The Morgan fingerprint density at radius 1 is 1.10 bits per heavy atom. The van der Waals surface area contributed by atoms with Crippen molar-refractivity contribution in [2.24, 2.45) is 23.0 Å². The fourth-order valence-electron chi connectivity index (χ4n) is 4.67. The monoisotopic (exact) mass is 278 g/mol. The lowest BCUT2D eigenvalue weighted by Crippen LogP contribution is -2.47. The molecule has 3 heteroatoms. The molecule has 0 aromatic heterocycles. The molecule has 1 saturated heterocycles. The Morgan fingerprint density at radius 2 is 1.75 bits per heavy atom. The molecule has 3 rings (SSSR count). The highest BCUT2D eigenvalue weighted by Gasteiger charge is 2.39. The molecule has 3 fully saturated rings. The molecule has 1 spiro atoms. The second-order valence-corrected chi connectivity index (χ2v) is 7.68. The number of nitrogens with zero attached hydrogens (tertiary/aromatic N) is 1. The standard InChI is InChI=1S/C17H30N2O/c1-13-4-5-14(12-15(13)18)16(20)19-10-8-17(9-11-19)6-2-3-7-17/h13-15H,2-12,18H2,1H3. The molecule has 1 aliphatic heterocycles. The van der Waals surface area contributed by atoms with Crippen LogP contribution >= 0.6 is 0 Å². The van der Waals surface area contributed by atoms with Crippen LogP contribution < -0.4 is 5.73 Å². The van der Waals surface area contributed by atoms with Gasteiger partial charge in [0.25, 0.3) is 0 Å². The van der Waals surface area contributed by atoms with Crippen LogP contribution in [0.2, 0.25) is 0 Å². The highest BCUT2D eigenvalue weighted by molar-refractivity contribution is 5.79. The average molecular weight is 278 g/mol. The quantitative estimate of drug-likeness (QED) is 0.801. The maximum Gasteiger partial charge on any atom is 0.225 e. The van der Waals surface area contributed by atoms with E-state index in [0.29, 0.717) is 17.2 Å². The van der Waals surface area contributed by atoms with E-state index in [1.165, 1.54) is 38.5 Å². The lowest BCUT2D eigenvalue weighted by Gasteiger charge is -2.41. The molecule has 3 nitrogen and oxygen atoms in total. The van der Waals surface area contributed by atoms with Gasteiger partial charge in [-0.05, 0) is 56.3 Å². The molecule has 3 unspecified atom stereocenters. The Labute approximate surface area is 123 Å². The molecule has 2 aliphatic carbocycles. The van der Waals surface area contributed by atoms with Crippen molar-refractivity contribution in [2.45, 2.75) is 70.8 Å². The molecular formula is C17H30N2O. The molecule has 0 aromatic carbocycles. The third kappa shape index (κ3) is 2.74. The maximum atomic E-state index is 12.7. The van der Waals surface area contributed by atoms with Gasteiger partial charge in [0.1, 0.15) is 0 Å². The van der Waals surface area contributed by atoms with Crippen LogP contribution in [0.5, 0.6) is 0 Å². The lowest BCUT2D eigenvalue weighted by molar-refractivity contribution is -0.139. The van der Waals surface area contributed by atoms with Crippen LogP contribution in [-0.2, 0) is 4.79 Å². The smallest absolute Gasteiger partial charge is 0.225 e. The van der Waals surface area contributed by atoms with Gasteiger partial charge < -0.3 is 10.6 Å². The van der Waals surface area contributed by atoms with E-state index in [0.717, 1.165) is 32.4 Å². The minimum atomic E-state index is 0.207. The van der Waals surface area contributed by atoms with Gasteiger partial charge in [0.05, 0.1) is 0 Å². The van der Waals surface area contributed by atoms with Gasteiger partial charge in [-0.25, -0.2) is 0 Å². The fourth-order valence-corrected chi connectivity index (χ4v) is 4.67. The molecule has 0 bridgehead atoms. The van der Waals surface area contributed by atoms with Crippen LogP contribution in [-0.4, -0.2) is 29.9 Å². The third-order valence-corrected chi connectivity index (χ3v) is 6.41. The Hall–Kier alpha value is -0.570. The Balaban J connectivity index is 1.54. The van der Waals surface area contributed by atoms with Crippen LogP contribution in [0.25, 0.3) is 0 Å². The molecule has 1 amide bonds. The van der Waals surface area contributed by atoms with Crippen molar-refractivity contribution in [1.29, 1.82) is 0 Å². The summed E-state index contributed by atoms with van der Waals surface area (Å²) in [6, 6.07) is 0.226. The van der Waals surface area contributed by atoms with E-state index in [-0.39, 0.29) is 12.0 Å². The van der Waals surface area contributed by atoms with Crippen LogP contribution in [0.15, 0.2) is 0 Å². The SMILES string of the molecule is CC1CCC(C(=O)N2CCC3(CCCC3)CC2)CC1N. The van der Waals surface area contributed by atoms with Crippen LogP contribution in [0.4, 0.5) is 0 Å². The van der Waals surface area contributed by atoms with Crippen molar-refractivity contribution < 1.29 is 4.79 Å². The largest absolute Gasteiger partial charge is 0.342 e. The fraction of sp³-hybridized carbons (Fsp3) is 0.941. The summed E-state index contributed by atoms with van der Waals surface area (Å²) in [6.07, 6.45) is 11.2. The number of carbonyl (C=O) groups is 1. The van der Waals surface area contributed by atoms with Crippen molar-refractivity contribution in [3.05, 3.63) is 0 Å². The predicted octanol–water partition coefficient (Wildman–Crippen LogP) is 2.93. The van der Waals surface area contributed by atoms with Crippen molar-refractivity contribution in [2.75, 3.05) is 13.1 Å². The summed E-state index contributed by atoms with van der Waals surface area (Å²) in [5.74, 6) is 1.20. The minimum Gasteiger partial charge on any atom is -0.342 e. The summed E-state index contributed by atoms with van der Waals surface area (Å²) in [6.45, 7) is 4.22. The average Bonchev–Trinajstić information content (AvgIpc) is 2.90. The minimum absolute atomic E-state index is 0.207. The second kappa shape index (κ2) is 5.67. The maximum absolute atomic E-state index is 12.7. The van der Waals surface area contributed by atoms with Gasteiger partial charge in [0.15, 0.2) is 0 Å². The van der Waals surface area contributed by atoms with E-state index in [2.05, 4.69) is 11.8 Å². The number of piperidine rings is 1. The van der Waals surface area contributed by atoms with Gasteiger partial charge in [-0.15, -0.1) is 0 Å². The van der Waals surface area contributed by atoms with Crippen molar-refractivity contribution in [1.82, 2.24) is 4.90 Å². The van der Waals surface area contributed by atoms with E-state index in [9.17, 15) is 4.79 Å². The first-order valence-corrected chi connectivity index (χ1v) is 8.64. The van der Waals surface area contributed by atoms with Gasteiger partial charge in [-0.2, -0.15) is 0 Å². The van der Waals surface area contributed by atoms with Crippen molar-refractivity contribution in [3.8, 4) is 0 Å². The molecule has 0 aromatic rings. The summed E-state index contributed by atoms with van der Waals surface area (Å²) in [7, 11) is 0. The zero-order valence-electron chi connectivity index (χ0n) is 12.9. The molecule has 114 valence electrons. The predicted molar refractivity (Wildman–Crippen MR) is 81.2 cm³/mol. The van der Waals surface area contributed by atoms with Gasteiger partial charge >= 0.3 is 0 Å². The highest BCUT2D eigenvalue weighted by atomic mass is 16.2. The Kier molecular flexibility index (Phi) is 4.07. The zero-order chi connectivity index (χ0) is 14.2. The van der Waals surface area contributed by atoms with Gasteiger partial charge in [0.2, 0.25) is 5.91 Å². The molecule has 2 N–H and O–H groups in total. The lowest BCUT2D eigenvalue weighted by atomic mass is 9.75. The number of likely N-dealkylation sites (tertiary alicyclic amines) is 1. The van der Waals surface area contributed by atoms with E-state index >= 15 is 0 Å². The summed E-state index contributed by atoms with van der Waals surface area (Å²) >= 11 is 0. The summed E-state index contributed by atoms with van der Waals surface area (Å²) in [5, 5.41) is 0. The van der Waals surface area contributed by atoms with E-state index < -0.39 is 0 Å². The number of rotatable bonds is 1. The molecule has 2 saturated carbocycles. The van der Waals surface area contributed by atoms with E-state index in [4.69, 9.17) is 5.73 Å². The summed E-state index contributed by atoms with van der Waals surface area (Å²) < 4.78 is 0. The Morgan fingerprint density at radius 3 is 2.35 bits per heavy atom. The van der Waals surface area contributed by atoms with E-state index in [1.807, 2.05) is 0 Å². The van der Waals surface area contributed by atoms with E-state index in [1.54, 1.807) is 0 Å². The van der Waals surface area contributed by atoms with Crippen LogP contribution in [0.1, 0.15) is 64.7 Å². The number of hydrogen-bond acceptors (Lipinski definition) is 2. The first-order valence-electron chi connectivity index (χ1n) is 8.64. The molecule has 3 aliphatic rings. The van der Waals surface area contributed by atoms with Crippen molar-refractivity contribution >= 4 is 5.91 Å². The zero-order valence-corrected chi connectivity index (χ0v) is 12.9. The third-order valence-electron chi connectivity index (χ3n) is 6.41. The summed E-state index contributed by atoms with van der Waals surface area (Å²) in [4.78, 5) is 14.8. The molecule has 1 heterocycles. The normalized spacial score (nSPS) is 37.3.